The van der Waals surface area contributed by atoms with E-state index in [0.717, 1.165) is 0 Å². The van der Waals surface area contributed by atoms with E-state index in [1.54, 1.807) is 18.3 Å². The van der Waals surface area contributed by atoms with Gasteiger partial charge in [0.2, 0.25) is 0 Å². The summed E-state index contributed by atoms with van der Waals surface area (Å²) < 4.78 is 26.5. The Morgan fingerprint density at radius 2 is 2.14 bits per heavy atom. The van der Waals surface area contributed by atoms with Gasteiger partial charge in [0.1, 0.15) is 42.1 Å². The number of aliphatic hydroxyl groups excluding tert-OH is 2. The Kier molecular flexibility index (Phi) is 5.99. The molecule has 1 aromatic carbocycles. The number of halogens is 1. The van der Waals surface area contributed by atoms with Gasteiger partial charge < -0.3 is 25.0 Å². The van der Waals surface area contributed by atoms with Crippen molar-refractivity contribution >= 4 is 16.9 Å². The highest BCUT2D eigenvalue weighted by Gasteiger charge is 2.48. The molecule has 11 heteroatoms. The second-order valence-electron chi connectivity index (χ2n) is 6.75. The molecule has 0 radical (unpaired) electrons. The third-order valence-electron chi connectivity index (χ3n) is 4.66. The van der Waals surface area contributed by atoms with Gasteiger partial charge in [-0.05, 0) is 19.1 Å². The number of ether oxygens (including phenoxy) is 2. The van der Waals surface area contributed by atoms with E-state index in [1.807, 2.05) is 6.92 Å². The van der Waals surface area contributed by atoms with Gasteiger partial charge in [-0.1, -0.05) is 29.1 Å². The topological polar surface area (TPSA) is 114 Å². The lowest BCUT2D eigenvalue weighted by molar-refractivity contribution is -0.157. The number of aliphatic hydroxyl groups is 2. The van der Waals surface area contributed by atoms with Crippen molar-refractivity contribution in [2.45, 2.75) is 49.9 Å². The zero-order valence-corrected chi connectivity index (χ0v) is 16.5. The fourth-order valence-electron chi connectivity index (χ4n) is 3.21. The third kappa shape index (κ3) is 4.37. The van der Waals surface area contributed by atoms with Crippen molar-refractivity contribution in [2.24, 2.45) is 4.99 Å². The summed E-state index contributed by atoms with van der Waals surface area (Å²) in [5.74, 6) is -0.313. The maximum absolute atomic E-state index is 13.6. The highest BCUT2D eigenvalue weighted by Crippen LogP contribution is 2.36. The molecule has 0 bridgehead atoms. The van der Waals surface area contributed by atoms with Gasteiger partial charge >= 0.3 is 0 Å². The Bertz CT molecular complexity index is 881. The predicted octanol–water partition coefficient (Wildman–Crippen LogP) is 0.524. The SMILES string of the molecule is CCNC1=N[C@@H]2[C@@H](O)[C@H](O)[C@@H](Cn3cc(COc4ccccc4F)nn3)O[C@@H]2S1. The van der Waals surface area contributed by atoms with Crippen LogP contribution in [0.4, 0.5) is 4.39 Å². The minimum absolute atomic E-state index is 0.0536. The van der Waals surface area contributed by atoms with Gasteiger partial charge in [-0.2, -0.15) is 0 Å². The number of hydrogen-bond donors (Lipinski definition) is 3. The molecule has 0 amide bonds. The largest absolute Gasteiger partial charge is 0.484 e. The van der Waals surface area contributed by atoms with Crippen molar-refractivity contribution in [1.82, 2.24) is 20.3 Å². The molecule has 3 heterocycles. The number of hydrogen-bond acceptors (Lipinski definition) is 9. The minimum atomic E-state index is -1.11. The number of thioether (sulfide) groups is 1. The van der Waals surface area contributed by atoms with E-state index < -0.39 is 30.2 Å². The zero-order chi connectivity index (χ0) is 20.4. The standard InChI is InChI=1S/C18H22FN5O4S/c1-2-20-18-21-14-16(26)15(25)13(28-17(14)29-18)8-24-7-10(22-23-24)9-27-12-6-4-3-5-11(12)19/h3-7,13-17,25-26H,2,8-9H2,1H3,(H,20,21)/t13-,14-,15-,16-,17-/m1/s1. The summed E-state index contributed by atoms with van der Waals surface area (Å²) >= 11 is 1.40. The van der Waals surface area contributed by atoms with Gasteiger partial charge in [0.15, 0.2) is 16.7 Å². The van der Waals surface area contributed by atoms with Crippen LogP contribution in [0.25, 0.3) is 0 Å². The van der Waals surface area contributed by atoms with Crippen molar-refractivity contribution < 1.29 is 24.1 Å². The molecule has 1 saturated heterocycles. The van der Waals surface area contributed by atoms with Gasteiger partial charge in [0.05, 0.1) is 12.7 Å². The summed E-state index contributed by atoms with van der Waals surface area (Å²) in [5.41, 5.74) is 0.129. The van der Waals surface area contributed by atoms with E-state index in [0.29, 0.717) is 17.4 Å². The van der Waals surface area contributed by atoms with E-state index >= 15 is 0 Å². The third-order valence-corrected chi connectivity index (χ3v) is 5.75. The van der Waals surface area contributed by atoms with Gasteiger partial charge in [-0.25, -0.2) is 9.07 Å². The quantitative estimate of drug-likeness (QED) is 0.616. The Balaban J connectivity index is 1.36. The predicted molar refractivity (Wildman–Crippen MR) is 104 cm³/mol. The van der Waals surface area contributed by atoms with Crippen LogP contribution < -0.4 is 10.1 Å². The molecule has 156 valence electrons. The summed E-state index contributed by atoms with van der Waals surface area (Å²) in [5, 5.41) is 32.7. The van der Waals surface area contributed by atoms with Crippen LogP contribution in [0.15, 0.2) is 35.5 Å². The fourth-order valence-corrected chi connectivity index (χ4v) is 4.40. The number of rotatable bonds is 6. The number of nitrogens with zero attached hydrogens (tertiary/aromatic N) is 4. The molecule has 2 aliphatic heterocycles. The number of para-hydroxylation sites is 1. The van der Waals surface area contributed by atoms with Gasteiger partial charge in [0, 0.05) is 6.54 Å². The molecule has 5 atom stereocenters. The maximum Gasteiger partial charge on any atom is 0.165 e. The van der Waals surface area contributed by atoms with Crippen molar-refractivity contribution in [3.8, 4) is 5.75 Å². The summed E-state index contributed by atoms with van der Waals surface area (Å²) in [4.78, 5) is 4.39. The molecule has 2 aromatic rings. The smallest absolute Gasteiger partial charge is 0.165 e. The molecule has 2 aliphatic rings. The number of aliphatic imine (C=N–C) groups is 1. The van der Waals surface area contributed by atoms with Gasteiger partial charge in [-0.3, -0.25) is 4.99 Å². The van der Waals surface area contributed by atoms with E-state index in [1.165, 1.54) is 28.6 Å². The summed E-state index contributed by atoms with van der Waals surface area (Å²) in [6.07, 6.45) is -1.17. The lowest BCUT2D eigenvalue weighted by Gasteiger charge is -2.38. The molecule has 0 saturated carbocycles. The Morgan fingerprint density at radius 1 is 1.31 bits per heavy atom. The van der Waals surface area contributed by atoms with Gasteiger partial charge in [-0.15, -0.1) is 5.10 Å². The Morgan fingerprint density at radius 3 is 2.93 bits per heavy atom. The minimum Gasteiger partial charge on any atom is -0.484 e. The number of aromatic nitrogens is 3. The molecule has 29 heavy (non-hydrogen) atoms. The van der Waals surface area contributed by atoms with Crippen LogP contribution in [0.5, 0.6) is 5.75 Å². The lowest BCUT2D eigenvalue weighted by atomic mass is 9.98. The molecule has 0 unspecified atom stereocenters. The van der Waals surface area contributed by atoms with E-state index in [-0.39, 0.29) is 24.3 Å². The molecule has 1 aromatic heterocycles. The summed E-state index contributed by atoms with van der Waals surface area (Å²) in [7, 11) is 0. The van der Waals surface area contributed by atoms with Crippen molar-refractivity contribution in [1.29, 1.82) is 0 Å². The number of amidine groups is 1. The van der Waals surface area contributed by atoms with E-state index in [9.17, 15) is 14.6 Å². The highest BCUT2D eigenvalue weighted by molar-refractivity contribution is 8.14. The van der Waals surface area contributed by atoms with Crippen molar-refractivity contribution in [2.75, 3.05) is 6.54 Å². The highest BCUT2D eigenvalue weighted by atomic mass is 32.2. The second-order valence-corrected chi connectivity index (χ2v) is 7.84. The first-order chi connectivity index (χ1) is 14.0. The Hall–Kier alpha value is -2.21. The van der Waals surface area contributed by atoms with Crippen LogP contribution in [-0.4, -0.2) is 66.7 Å². The fraction of sp³-hybridized carbons (Fsp3) is 0.500. The first-order valence-electron chi connectivity index (χ1n) is 9.31. The lowest BCUT2D eigenvalue weighted by Crippen LogP contribution is -2.55. The molecule has 3 N–H and O–H groups in total. The Labute approximate surface area is 170 Å². The number of nitrogens with one attached hydrogen (secondary N) is 1. The first kappa shape index (κ1) is 20.1. The first-order valence-corrected chi connectivity index (χ1v) is 10.2. The normalized spacial score (nSPS) is 28.7. The van der Waals surface area contributed by atoms with Crippen LogP contribution in [0.1, 0.15) is 12.6 Å². The van der Waals surface area contributed by atoms with Crippen LogP contribution in [0.2, 0.25) is 0 Å². The molecular weight excluding hydrogens is 401 g/mol. The molecule has 0 spiro atoms. The molecule has 9 nitrogen and oxygen atoms in total. The number of benzene rings is 1. The van der Waals surface area contributed by atoms with E-state index in [4.69, 9.17) is 9.47 Å². The average molecular weight is 423 g/mol. The second kappa shape index (κ2) is 8.66. The van der Waals surface area contributed by atoms with Crippen LogP contribution in [0.3, 0.4) is 0 Å². The van der Waals surface area contributed by atoms with Crippen LogP contribution >= 0.6 is 11.8 Å². The average Bonchev–Trinajstić information content (AvgIpc) is 3.32. The van der Waals surface area contributed by atoms with E-state index in [2.05, 4.69) is 20.6 Å². The molecule has 1 fully saturated rings. The maximum atomic E-state index is 13.6. The van der Waals surface area contributed by atoms with Gasteiger partial charge in [0.25, 0.3) is 0 Å². The molecule has 0 aliphatic carbocycles. The number of fused-ring (bicyclic) bond motifs is 1. The summed E-state index contributed by atoms with van der Waals surface area (Å²) in [6.45, 7) is 2.92. The molecular formula is C18H22FN5O4S. The summed E-state index contributed by atoms with van der Waals surface area (Å²) in [6, 6.07) is 5.61. The van der Waals surface area contributed by atoms with Crippen LogP contribution in [0, 0.1) is 5.82 Å². The van der Waals surface area contributed by atoms with Crippen molar-refractivity contribution in [3.63, 3.8) is 0 Å². The monoisotopic (exact) mass is 423 g/mol. The van der Waals surface area contributed by atoms with Crippen LogP contribution in [-0.2, 0) is 17.9 Å². The molecule has 4 rings (SSSR count). The van der Waals surface area contributed by atoms with Crippen molar-refractivity contribution in [3.05, 3.63) is 42.0 Å². The zero-order valence-electron chi connectivity index (χ0n) is 15.7.